The maximum Gasteiger partial charge on any atom is 0.280 e. The number of carbonyl (C=O) groups excluding carboxylic acids is 1. The quantitative estimate of drug-likeness (QED) is 0.444. The molecule has 1 unspecified atom stereocenters. The van der Waals surface area contributed by atoms with E-state index < -0.39 is 0 Å². The number of hydrogen-bond acceptors (Lipinski definition) is 3. The molecular formula is C25H19FN4O2. The fourth-order valence-corrected chi connectivity index (χ4v) is 3.78. The fourth-order valence-electron chi connectivity index (χ4n) is 3.78. The first-order chi connectivity index (χ1) is 15.5. The van der Waals surface area contributed by atoms with E-state index in [1.165, 1.54) is 35.1 Å². The van der Waals surface area contributed by atoms with Gasteiger partial charge >= 0.3 is 0 Å². The van der Waals surface area contributed by atoms with Crippen LogP contribution in [0.2, 0.25) is 0 Å². The van der Waals surface area contributed by atoms with Crippen molar-refractivity contribution in [1.82, 2.24) is 20.1 Å². The van der Waals surface area contributed by atoms with Gasteiger partial charge in [-0.15, -0.1) is 0 Å². The zero-order valence-electron chi connectivity index (χ0n) is 17.2. The second-order valence-electron chi connectivity index (χ2n) is 7.61. The van der Waals surface area contributed by atoms with E-state index in [4.69, 9.17) is 0 Å². The minimum atomic E-state index is -0.384. The fraction of sp³-hybridized carbons (Fsp3) is 0.0800. The Hall–Kier alpha value is -4.26. The first-order valence-electron chi connectivity index (χ1n) is 10.2. The van der Waals surface area contributed by atoms with Gasteiger partial charge in [0, 0.05) is 17.1 Å². The number of fused-ring (bicyclic) bond motifs is 3. The lowest BCUT2D eigenvalue weighted by Crippen LogP contribution is -2.26. The minimum Gasteiger partial charge on any atom is -0.346 e. The molecule has 0 saturated carbocycles. The molecule has 32 heavy (non-hydrogen) atoms. The van der Waals surface area contributed by atoms with Crippen LogP contribution in [0.4, 0.5) is 4.39 Å². The Balaban J connectivity index is 1.56. The standard InChI is InChI=1S/C25H19FN4O2/c1-15(16-5-3-2-4-6-16)28-24(31)17-7-12-22-20(13-17)23-21(14-27-22)25(32)30(29-23)19-10-8-18(26)9-11-19/h2-15,29H,1H3,(H,28,31). The highest BCUT2D eigenvalue weighted by atomic mass is 19.1. The average Bonchev–Trinajstić information content (AvgIpc) is 3.16. The number of nitrogens with zero attached hydrogens (tertiary/aromatic N) is 2. The van der Waals surface area contributed by atoms with Crippen molar-refractivity contribution in [3.8, 4) is 5.69 Å². The summed E-state index contributed by atoms with van der Waals surface area (Å²) >= 11 is 0. The predicted octanol–water partition coefficient (Wildman–Crippen LogP) is 4.50. The van der Waals surface area contributed by atoms with Crippen molar-refractivity contribution in [3.05, 3.63) is 106 Å². The summed E-state index contributed by atoms with van der Waals surface area (Å²) in [4.78, 5) is 30.2. The molecule has 2 N–H and O–H groups in total. The average molecular weight is 426 g/mol. The SMILES string of the molecule is CC(NC(=O)c1ccc2ncc3c(=O)n(-c4ccc(F)cc4)[nH]c3c2c1)c1ccccc1. The van der Waals surface area contributed by atoms with Crippen molar-refractivity contribution >= 4 is 27.7 Å². The van der Waals surface area contributed by atoms with Crippen molar-refractivity contribution in [3.63, 3.8) is 0 Å². The second kappa shape index (κ2) is 7.77. The van der Waals surface area contributed by atoms with Gasteiger partial charge in [0.15, 0.2) is 0 Å². The van der Waals surface area contributed by atoms with Crippen molar-refractivity contribution < 1.29 is 9.18 Å². The first-order valence-corrected chi connectivity index (χ1v) is 10.2. The van der Waals surface area contributed by atoms with E-state index in [0.717, 1.165) is 5.56 Å². The molecule has 0 fully saturated rings. The highest BCUT2D eigenvalue weighted by Gasteiger charge is 2.16. The topological polar surface area (TPSA) is 79.8 Å². The van der Waals surface area contributed by atoms with Gasteiger partial charge in [-0.25, -0.2) is 9.07 Å². The molecule has 0 aliphatic heterocycles. The smallest absolute Gasteiger partial charge is 0.280 e. The lowest BCUT2D eigenvalue weighted by atomic mass is 10.1. The van der Waals surface area contributed by atoms with E-state index in [-0.39, 0.29) is 23.3 Å². The molecule has 2 heterocycles. The number of rotatable bonds is 4. The van der Waals surface area contributed by atoms with Crippen LogP contribution < -0.4 is 10.9 Å². The summed E-state index contributed by atoms with van der Waals surface area (Å²) in [7, 11) is 0. The Labute approximate surface area is 182 Å². The second-order valence-corrected chi connectivity index (χ2v) is 7.61. The van der Waals surface area contributed by atoms with Gasteiger partial charge in [0.05, 0.1) is 28.1 Å². The summed E-state index contributed by atoms with van der Waals surface area (Å²) in [5.41, 5.74) is 2.89. The van der Waals surface area contributed by atoms with Crippen molar-refractivity contribution in [2.24, 2.45) is 0 Å². The van der Waals surface area contributed by atoms with E-state index in [0.29, 0.717) is 33.1 Å². The first kappa shape index (κ1) is 19.7. The Kier molecular flexibility index (Phi) is 4.78. The van der Waals surface area contributed by atoms with Gasteiger partial charge in [-0.3, -0.25) is 19.7 Å². The molecule has 1 amide bonds. The van der Waals surface area contributed by atoms with Crippen molar-refractivity contribution in [2.45, 2.75) is 13.0 Å². The molecule has 2 aromatic heterocycles. The van der Waals surface area contributed by atoms with Gasteiger partial charge in [-0.05, 0) is 55.0 Å². The summed E-state index contributed by atoms with van der Waals surface area (Å²) < 4.78 is 14.6. The number of H-pyrrole nitrogens is 1. The molecule has 0 aliphatic rings. The number of pyridine rings is 1. The Morgan fingerprint density at radius 3 is 2.53 bits per heavy atom. The third-order valence-electron chi connectivity index (χ3n) is 5.52. The number of aromatic nitrogens is 3. The number of benzene rings is 3. The van der Waals surface area contributed by atoms with Crippen molar-refractivity contribution in [2.75, 3.05) is 0 Å². The Morgan fingerprint density at radius 1 is 1.03 bits per heavy atom. The van der Waals surface area contributed by atoms with Gasteiger partial charge in [-0.2, -0.15) is 0 Å². The molecule has 0 radical (unpaired) electrons. The van der Waals surface area contributed by atoms with Gasteiger partial charge in [0.25, 0.3) is 11.5 Å². The van der Waals surface area contributed by atoms with E-state index >= 15 is 0 Å². The molecule has 5 aromatic rings. The molecule has 158 valence electrons. The predicted molar refractivity (Wildman–Crippen MR) is 121 cm³/mol. The van der Waals surface area contributed by atoms with Crippen LogP contribution in [-0.2, 0) is 0 Å². The van der Waals surface area contributed by atoms with Gasteiger partial charge in [0.2, 0.25) is 0 Å². The van der Waals surface area contributed by atoms with Crippen LogP contribution in [0.1, 0.15) is 28.9 Å². The lowest BCUT2D eigenvalue weighted by molar-refractivity contribution is 0.0940. The zero-order valence-corrected chi connectivity index (χ0v) is 17.2. The monoisotopic (exact) mass is 426 g/mol. The number of hydrogen-bond donors (Lipinski definition) is 2. The maximum absolute atomic E-state index is 13.3. The van der Waals surface area contributed by atoms with E-state index in [1.54, 1.807) is 18.2 Å². The molecule has 0 bridgehead atoms. The number of amides is 1. The Morgan fingerprint density at radius 2 is 1.78 bits per heavy atom. The molecule has 6 nitrogen and oxygen atoms in total. The molecule has 7 heteroatoms. The molecule has 1 atom stereocenters. The minimum absolute atomic E-state index is 0.160. The third-order valence-corrected chi connectivity index (χ3v) is 5.52. The summed E-state index contributed by atoms with van der Waals surface area (Å²) in [6.45, 7) is 1.92. The van der Waals surface area contributed by atoms with Crippen LogP contribution in [0.25, 0.3) is 27.5 Å². The Bertz CT molecular complexity index is 1500. The van der Waals surface area contributed by atoms with Crippen LogP contribution in [0, 0.1) is 5.82 Å². The van der Waals surface area contributed by atoms with Crippen LogP contribution in [-0.4, -0.2) is 20.7 Å². The largest absolute Gasteiger partial charge is 0.346 e. The summed E-state index contributed by atoms with van der Waals surface area (Å²) in [5, 5.41) is 7.13. The molecule has 0 saturated heterocycles. The molecule has 3 aromatic carbocycles. The molecule has 0 aliphatic carbocycles. The highest BCUT2D eigenvalue weighted by Crippen LogP contribution is 2.23. The number of carbonyl (C=O) groups is 1. The molecular weight excluding hydrogens is 407 g/mol. The normalized spacial score (nSPS) is 12.2. The van der Waals surface area contributed by atoms with Crippen LogP contribution in [0.3, 0.4) is 0 Å². The lowest BCUT2D eigenvalue weighted by Gasteiger charge is -2.14. The van der Waals surface area contributed by atoms with Crippen LogP contribution >= 0.6 is 0 Å². The highest BCUT2D eigenvalue weighted by molar-refractivity contribution is 6.06. The summed E-state index contributed by atoms with van der Waals surface area (Å²) in [5.74, 6) is -0.606. The van der Waals surface area contributed by atoms with Gasteiger partial charge < -0.3 is 5.32 Å². The van der Waals surface area contributed by atoms with Gasteiger partial charge in [-0.1, -0.05) is 30.3 Å². The summed E-state index contributed by atoms with van der Waals surface area (Å²) in [6.07, 6.45) is 1.51. The molecule has 0 spiro atoms. The van der Waals surface area contributed by atoms with E-state index in [2.05, 4.69) is 15.4 Å². The molecule has 5 rings (SSSR count). The van der Waals surface area contributed by atoms with Gasteiger partial charge in [0.1, 0.15) is 5.82 Å². The summed E-state index contributed by atoms with van der Waals surface area (Å²) in [6, 6.07) is 20.4. The third kappa shape index (κ3) is 3.43. The van der Waals surface area contributed by atoms with Crippen molar-refractivity contribution in [1.29, 1.82) is 0 Å². The van der Waals surface area contributed by atoms with E-state index in [9.17, 15) is 14.0 Å². The van der Waals surface area contributed by atoms with Crippen LogP contribution in [0.15, 0.2) is 83.8 Å². The number of halogens is 1. The van der Waals surface area contributed by atoms with Crippen LogP contribution in [0.5, 0.6) is 0 Å². The zero-order chi connectivity index (χ0) is 22.2. The number of aromatic amines is 1. The van der Waals surface area contributed by atoms with E-state index in [1.807, 2.05) is 37.3 Å². The number of nitrogens with one attached hydrogen (secondary N) is 2. The maximum atomic E-state index is 13.3.